The van der Waals surface area contributed by atoms with Crippen LogP contribution in [0.4, 0.5) is 0 Å². The maximum absolute atomic E-state index is 4.57. The van der Waals surface area contributed by atoms with E-state index in [2.05, 4.69) is 170 Å². The van der Waals surface area contributed by atoms with Crippen LogP contribution in [-0.4, -0.2) is 15.4 Å². The molecule has 2 heterocycles. The van der Waals surface area contributed by atoms with Crippen molar-refractivity contribution in [2.45, 2.75) is 20.4 Å². The Labute approximate surface area is 327 Å². The molecule has 51 heavy (non-hydrogen) atoms. The Kier molecular flexibility index (Phi) is 13.0. The van der Waals surface area contributed by atoms with Crippen LogP contribution in [0.3, 0.4) is 0 Å². The molecule has 0 atom stereocenters. The fourth-order valence-corrected chi connectivity index (χ4v) is 8.49. The topological polar surface area (TPSA) is 25.8 Å². The maximum atomic E-state index is 4.57. The zero-order chi connectivity index (χ0) is 33.7. The summed E-state index contributed by atoms with van der Waals surface area (Å²) in [5.41, 5.74) is 9.57. The molecule has 0 saturated carbocycles. The Morgan fingerprint density at radius 2 is 0.902 bits per heavy atom. The van der Waals surface area contributed by atoms with E-state index >= 15 is 0 Å². The summed E-state index contributed by atoms with van der Waals surface area (Å²) in [7, 11) is 0. The Morgan fingerprint density at radius 3 is 1.33 bits per heavy atom. The van der Waals surface area contributed by atoms with Crippen LogP contribution in [0.1, 0.15) is 11.1 Å². The Hall–Kier alpha value is -4.18. The molecule has 9 rings (SSSR count). The van der Waals surface area contributed by atoms with Gasteiger partial charge in [0.1, 0.15) is 0 Å². The molecule has 6 heteroatoms. The second-order valence-corrected chi connectivity index (χ2v) is 19.8. The number of rotatable bonds is 3. The summed E-state index contributed by atoms with van der Waals surface area (Å²) >= 11 is 1.69. The first-order valence-electron chi connectivity index (χ1n) is 16.6. The molecule has 0 aliphatic rings. The molecule has 0 unspecified atom stereocenters. The van der Waals surface area contributed by atoms with Crippen molar-refractivity contribution in [2.75, 3.05) is 0 Å². The van der Waals surface area contributed by atoms with Gasteiger partial charge in [0.05, 0.1) is 11.0 Å². The first-order valence-corrected chi connectivity index (χ1v) is 22.3. The van der Waals surface area contributed by atoms with E-state index in [1.165, 1.54) is 65.7 Å². The average molecular weight is 795 g/mol. The average Bonchev–Trinajstić information content (AvgIpc) is 3.73. The van der Waals surface area contributed by atoms with Gasteiger partial charge in [-0.3, -0.25) is 9.97 Å². The number of fused-ring (bicyclic) bond motifs is 4. The number of pyridine rings is 2. The van der Waals surface area contributed by atoms with Gasteiger partial charge in [0, 0.05) is 23.2 Å². The molecule has 0 aliphatic heterocycles. The minimum Gasteiger partial charge on any atom is -1.00 e. The third-order valence-electron chi connectivity index (χ3n) is 8.84. The van der Waals surface area contributed by atoms with E-state index in [1.54, 1.807) is 28.5 Å². The van der Waals surface area contributed by atoms with Crippen molar-refractivity contribution in [2.24, 2.45) is 0 Å². The Bertz CT molecular complexity index is 2410. The monoisotopic (exact) mass is 792 g/mol. The van der Waals surface area contributed by atoms with Crippen LogP contribution in [0.25, 0.3) is 65.6 Å². The number of nitrogens with zero attached hydrogens (tertiary/aromatic N) is 2. The SMILES string of the molecule is C[Si](=[Zr+2])c1ccccc1.Cc1cc2c(-c3cccc4cccnc34)cccc2[cH-]1.Cc1cc2c(-c3cccc4cccnc34)cccc2[cH-]1.[Cl-].[Cl-]. The van der Waals surface area contributed by atoms with Gasteiger partial charge >= 0.3 is 70.8 Å². The molecule has 0 fully saturated rings. The van der Waals surface area contributed by atoms with Crippen LogP contribution >= 0.6 is 0 Å². The summed E-state index contributed by atoms with van der Waals surface area (Å²) in [6.45, 7) is 6.63. The molecular weight excluding hydrogens is 759 g/mol. The third kappa shape index (κ3) is 8.49. The van der Waals surface area contributed by atoms with Crippen LogP contribution < -0.4 is 30.0 Å². The van der Waals surface area contributed by atoms with Crippen molar-refractivity contribution in [3.8, 4) is 22.3 Å². The van der Waals surface area contributed by atoms with Crippen LogP contribution in [0, 0.1) is 13.8 Å². The van der Waals surface area contributed by atoms with Crippen molar-refractivity contribution in [3.05, 3.63) is 175 Å². The van der Waals surface area contributed by atoms with Crippen LogP contribution in [-0.2, 0) is 23.3 Å². The summed E-state index contributed by atoms with van der Waals surface area (Å²) < 4.78 is 0. The molecule has 0 radical (unpaired) electrons. The Morgan fingerprint density at radius 1 is 0.490 bits per heavy atom. The van der Waals surface area contributed by atoms with Crippen LogP contribution in [0.2, 0.25) is 6.55 Å². The number of hydrogen-bond donors (Lipinski definition) is 0. The van der Waals surface area contributed by atoms with Gasteiger partial charge in [0.15, 0.2) is 0 Å². The minimum atomic E-state index is -0.122. The summed E-state index contributed by atoms with van der Waals surface area (Å²) in [6, 6.07) is 53.7. The third-order valence-corrected chi connectivity index (χ3v) is 12.2. The second kappa shape index (κ2) is 17.4. The van der Waals surface area contributed by atoms with Gasteiger partial charge < -0.3 is 24.8 Å². The van der Waals surface area contributed by atoms with E-state index in [-0.39, 0.29) is 30.2 Å². The summed E-state index contributed by atoms with van der Waals surface area (Å²) in [6.07, 6.45) is 3.73. The quantitative estimate of drug-likeness (QED) is 0.181. The number of halogens is 2. The largest absolute Gasteiger partial charge is 1.00 e. The van der Waals surface area contributed by atoms with Crippen molar-refractivity contribution >= 4 is 54.0 Å². The molecule has 250 valence electrons. The number of benzene rings is 5. The number of hydrogen-bond acceptors (Lipinski definition) is 2. The van der Waals surface area contributed by atoms with E-state index in [0.29, 0.717) is 0 Å². The molecule has 2 aromatic heterocycles. The van der Waals surface area contributed by atoms with Gasteiger partial charge in [0.25, 0.3) is 0 Å². The smallest absolute Gasteiger partial charge is 0.0772 e. The van der Waals surface area contributed by atoms with E-state index in [1.807, 2.05) is 24.5 Å². The van der Waals surface area contributed by atoms with Crippen molar-refractivity contribution in [1.82, 2.24) is 9.97 Å². The van der Waals surface area contributed by atoms with Gasteiger partial charge in [-0.1, -0.05) is 85.6 Å². The molecule has 0 bridgehead atoms. The molecule has 0 spiro atoms. The number of aryl methyl sites for hydroxylation is 2. The second-order valence-electron chi connectivity index (χ2n) is 12.4. The van der Waals surface area contributed by atoms with Gasteiger partial charge in [-0.15, -0.1) is 69.1 Å². The number of aromatic nitrogens is 2. The van der Waals surface area contributed by atoms with Gasteiger partial charge in [-0.2, -0.15) is 12.1 Å². The zero-order valence-electron chi connectivity index (χ0n) is 28.7. The van der Waals surface area contributed by atoms with Gasteiger partial charge in [0.2, 0.25) is 0 Å². The number of para-hydroxylation sites is 2. The molecule has 7 aromatic carbocycles. The van der Waals surface area contributed by atoms with Crippen LogP contribution in [0.5, 0.6) is 0 Å². The maximum Gasteiger partial charge on any atom is 0.0772 e. The summed E-state index contributed by atoms with van der Waals surface area (Å²) in [5, 5.41) is 9.14. The molecule has 0 N–H and O–H groups in total. The van der Waals surface area contributed by atoms with Crippen LogP contribution in [0.15, 0.2) is 164 Å². The summed E-state index contributed by atoms with van der Waals surface area (Å²) in [4.78, 5) is 9.14. The summed E-state index contributed by atoms with van der Waals surface area (Å²) in [5.74, 6) is 0. The molecule has 9 aromatic rings. The zero-order valence-corrected chi connectivity index (χ0v) is 33.7. The fourth-order valence-electron chi connectivity index (χ4n) is 6.57. The van der Waals surface area contributed by atoms with Crippen molar-refractivity contribution < 1.29 is 48.1 Å². The first kappa shape index (κ1) is 38.1. The molecule has 0 amide bonds. The predicted octanol–water partition coefficient (Wildman–Crippen LogP) is 5.23. The predicted molar refractivity (Wildman–Crippen MR) is 208 cm³/mol. The van der Waals surface area contributed by atoms with E-state index < -0.39 is 0 Å². The van der Waals surface area contributed by atoms with Gasteiger partial charge in [-0.05, 0) is 23.3 Å². The van der Waals surface area contributed by atoms with E-state index in [4.69, 9.17) is 0 Å². The molecular formula is C45H36Cl2N2SiZr-2. The van der Waals surface area contributed by atoms with Crippen molar-refractivity contribution in [3.63, 3.8) is 0 Å². The molecule has 2 nitrogen and oxygen atoms in total. The molecule has 0 saturated heterocycles. The van der Waals surface area contributed by atoms with E-state index in [9.17, 15) is 0 Å². The van der Waals surface area contributed by atoms with Gasteiger partial charge in [-0.25, -0.2) is 0 Å². The standard InChI is InChI=1S/2C19H14N.C7H8Si.2ClH.Zr/c2*1-13-11-15-6-3-8-16(18(15)12-13)17-9-2-5-14-7-4-10-20-19(14)17;1-8-7-5-3-2-4-6-7;;;/h2*2-12H,1H3;2-6H,1H3;2*1H;/q2*-1;;;;+2/p-2. The normalized spacial score (nSPS) is 10.5. The first-order chi connectivity index (χ1) is 24.0. The molecule has 0 aliphatic carbocycles. The van der Waals surface area contributed by atoms with E-state index in [0.717, 1.165) is 11.0 Å². The van der Waals surface area contributed by atoms with Crippen molar-refractivity contribution in [1.29, 1.82) is 0 Å². The fraction of sp³-hybridized carbons (Fsp3) is 0.0667. The Balaban J connectivity index is 0.000000156. The minimum absolute atomic E-state index is 0.